The summed E-state index contributed by atoms with van der Waals surface area (Å²) in [6.45, 7) is 8.50. The van der Waals surface area contributed by atoms with Gasteiger partial charge >= 0.3 is 0 Å². The average molecular weight is 324 g/mol. The summed E-state index contributed by atoms with van der Waals surface area (Å²) in [4.78, 5) is 5.00. The zero-order chi connectivity index (χ0) is 16.8. The highest BCUT2D eigenvalue weighted by atomic mass is 16.3. The van der Waals surface area contributed by atoms with Crippen LogP contribution in [-0.4, -0.2) is 47.6 Å². The Bertz CT molecular complexity index is 594. The maximum Gasteiger partial charge on any atom is 0.0827 e. The third-order valence-corrected chi connectivity index (χ3v) is 4.94. The van der Waals surface area contributed by atoms with Gasteiger partial charge in [-0.15, -0.1) is 0 Å². The molecule has 3 heteroatoms. The van der Waals surface area contributed by atoms with Crippen LogP contribution in [0.25, 0.3) is 0 Å². The van der Waals surface area contributed by atoms with Crippen LogP contribution in [0.2, 0.25) is 0 Å². The molecule has 1 aliphatic heterocycles. The van der Waals surface area contributed by atoms with Crippen molar-refractivity contribution in [3.8, 4) is 0 Å². The topological polar surface area (TPSA) is 26.7 Å². The second-order valence-corrected chi connectivity index (χ2v) is 6.90. The van der Waals surface area contributed by atoms with Gasteiger partial charge in [0, 0.05) is 39.3 Å². The molecule has 2 aromatic rings. The van der Waals surface area contributed by atoms with Gasteiger partial charge in [0.1, 0.15) is 0 Å². The monoisotopic (exact) mass is 324 g/mol. The molecule has 2 aromatic carbocycles. The fourth-order valence-electron chi connectivity index (χ4n) is 3.46. The van der Waals surface area contributed by atoms with E-state index in [1.165, 1.54) is 5.56 Å². The number of rotatable bonds is 6. The Morgan fingerprint density at radius 2 is 1.38 bits per heavy atom. The van der Waals surface area contributed by atoms with Crippen LogP contribution in [-0.2, 0) is 6.54 Å². The number of aliphatic hydroxyl groups excluding tert-OH is 1. The predicted molar refractivity (Wildman–Crippen MR) is 98.7 cm³/mol. The van der Waals surface area contributed by atoms with Crippen molar-refractivity contribution in [1.29, 1.82) is 0 Å². The Balaban J connectivity index is 1.45. The summed E-state index contributed by atoms with van der Waals surface area (Å²) in [5.41, 5.74) is 2.41. The van der Waals surface area contributed by atoms with Crippen molar-refractivity contribution in [3.05, 3.63) is 71.8 Å². The predicted octanol–water partition coefficient (Wildman–Crippen LogP) is 3.17. The van der Waals surface area contributed by atoms with Crippen LogP contribution in [0.15, 0.2) is 60.7 Å². The summed E-state index contributed by atoms with van der Waals surface area (Å²) in [6, 6.07) is 20.7. The van der Waals surface area contributed by atoms with E-state index < -0.39 is 0 Å². The number of hydrogen-bond donors (Lipinski definition) is 1. The summed E-state index contributed by atoms with van der Waals surface area (Å²) in [5, 5.41) is 10.5. The Labute approximate surface area is 145 Å². The van der Waals surface area contributed by atoms with Gasteiger partial charge in [0.15, 0.2) is 0 Å². The molecule has 0 saturated carbocycles. The van der Waals surface area contributed by atoms with Crippen molar-refractivity contribution in [2.75, 3.05) is 32.7 Å². The summed E-state index contributed by atoms with van der Waals surface area (Å²) in [6.07, 6.45) is -0.381. The molecule has 24 heavy (non-hydrogen) atoms. The van der Waals surface area contributed by atoms with E-state index in [0.29, 0.717) is 0 Å². The van der Waals surface area contributed by atoms with Crippen LogP contribution in [0.5, 0.6) is 0 Å². The first-order valence-electron chi connectivity index (χ1n) is 8.94. The van der Waals surface area contributed by atoms with Crippen LogP contribution in [0, 0.1) is 5.92 Å². The van der Waals surface area contributed by atoms with Crippen LogP contribution >= 0.6 is 0 Å². The molecule has 128 valence electrons. The molecule has 0 spiro atoms. The van der Waals surface area contributed by atoms with Gasteiger partial charge in [-0.05, 0) is 17.0 Å². The molecule has 1 heterocycles. The lowest BCUT2D eigenvalue weighted by molar-refractivity contribution is 0.0629. The quantitative estimate of drug-likeness (QED) is 0.884. The molecule has 2 unspecified atom stereocenters. The molecule has 1 fully saturated rings. The van der Waals surface area contributed by atoms with Gasteiger partial charge in [-0.3, -0.25) is 4.90 Å². The zero-order valence-electron chi connectivity index (χ0n) is 14.5. The minimum Gasteiger partial charge on any atom is -0.388 e. The lowest BCUT2D eigenvalue weighted by Gasteiger charge is -2.36. The fraction of sp³-hybridized carbons (Fsp3) is 0.429. The van der Waals surface area contributed by atoms with Crippen molar-refractivity contribution in [3.63, 3.8) is 0 Å². The number of hydrogen-bond acceptors (Lipinski definition) is 3. The SMILES string of the molecule is CC(CN1CCN(Cc2ccccc2)CC1)C(O)c1ccccc1. The molecule has 1 N–H and O–H groups in total. The molecular weight excluding hydrogens is 296 g/mol. The fourth-order valence-corrected chi connectivity index (χ4v) is 3.46. The van der Waals surface area contributed by atoms with Gasteiger partial charge < -0.3 is 10.0 Å². The van der Waals surface area contributed by atoms with Gasteiger partial charge in [-0.1, -0.05) is 67.6 Å². The number of benzene rings is 2. The minimum atomic E-state index is -0.381. The molecular formula is C21H28N2O. The second kappa shape index (κ2) is 8.43. The smallest absolute Gasteiger partial charge is 0.0827 e. The molecule has 3 nitrogen and oxygen atoms in total. The largest absolute Gasteiger partial charge is 0.388 e. The highest BCUT2D eigenvalue weighted by Gasteiger charge is 2.22. The van der Waals surface area contributed by atoms with Crippen molar-refractivity contribution in [1.82, 2.24) is 9.80 Å². The van der Waals surface area contributed by atoms with E-state index in [9.17, 15) is 5.11 Å². The van der Waals surface area contributed by atoms with Crippen molar-refractivity contribution >= 4 is 0 Å². The third-order valence-electron chi connectivity index (χ3n) is 4.94. The minimum absolute atomic E-state index is 0.244. The molecule has 2 atom stereocenters. The summed E-state index contributed by atoms with van der Waals surface area (Å²) < 4.78 is 0. The molecule has 0 radical (unpaired) electrons. The lowest BCUT2D eigenvalue weighted by Crippen LogP contribution is -2.47. The molecule has 0 aliphatic carbocycles. The summed E-state index contributed by atoms with van der Waals surface area (Å²) in [5.74, 6) is 0.244. The van der Waals surface area contributed by atoms with Gasteiger partial charge in [-0.25, -0.2) is 0 Å². The normalized spacial score (nSPS) is 19.1. The Morgan fingerprint density at radius 3 is 2.00 bits per heavy atom. The Hall–Kier alpha value is -1.68. The molecule has 1 aliphatic rings. The van der Waals surface area contributed by atoms with Crippen molar-refractivity contribution in [2.45, 2.75) is 19.6 Å². The summed E-state index contributed by atoms with van der Waals surface area (Å²) in [7, 11) is 0. The zero-order valence-corrected chi connectivity index (χ0v) is 14.5. The maximum absolute atomic E-state index is 10.5. The van der Waals surface area contributed by atoms with Gasteiger partial charge in [-0.2, -0.15) is 0 Å². The highest BCUT2D eigenvalue weighted by molar-refractivity contribution is 5.18. The molecule has 3 rings (SSSR count). The first-order chi connectivity index (χ1) is 11.7. The van der Waals surface area contributed by atoms with Crippen LogP contribution in [0.3, 0.4) is 0 Å². The van der Waals surface area contributed by atoms with Crippen LogP contribution < -0.4 is 0 Å². The highest BCUT2D eigenvalue weighted by Crippen LogP contribution is 2.22. The van der Waals surface area contributed by atoms with Gasteiger partial charge in [0.2, 0.25) is 0 Å². The molecule has 1 saturated heterocycles. The third kappa shape index (κ3) is 4.67. The number of piperazine rings is 1. The summed E-state index contributed by atoms with van der Waals surface area (Å²) >= 11 is 0. The molecule has 0 amide bonds. The number of nitrogens with zero attached hydrogens (tertiary/aromatic N) is 2. The first-order valence-corrected chi connectivity index (χ1v) is 8.94. The second-order valence-electron chi connectivity index (χ2n) is 6.90. The first kappa shape index (κ1) is 17.2. The van der Waals surface area contributed by atoms with E-state index in [-0.39, 0.29) is 12.0 Å². The van der Waals surface area contributed by atoms with Crippen LogP contribution in [0.1, 0.15) is 24.2 Å². The standard InChI is InChI=1S/C21H28N2O/c1-18(21(24)20-10-6-3-7-11-20)16-22-12-14-23(15-13-22)17-19-8-4-2-5-9-19/h2-11,18,21,24H,12-17H2,1H3. The Morgan fingerprint density at radius 1 is 0.833 bits per heavy atom. The van der Waals surface area contributed by atoms with Crippen molar-refractivity contribution in [2.24, 2.45) is 5.92 Å². The van der Waals surface area contributed by atoms with E-state index in [1.807, 2.05) is 30.3 Å². The Kier molecular flexibility index (Phi) is 6.02. The number of aliphatic hydroxyl groups is 1. The van der Waals surface area contributed by atoms with E-state index >= 15 is 0 Å². The van der Waals surface area contributed by atoms with E-state index in [1.54, 1.807) is 0 Å². The molecule has 0 bridgehead atoms. The van der Waals surface area contributed by atoms with Crippen LogP contribution in [0.4, 0.5) is 0 Å². The maximum atomic E-state index is 10.5. The van der Waals surface area contributed by atoms with Gasteiger partial charge in [0.25, 0.3) is 0 Å². The molecule has 0 aromatic heterocycles. The lowest BCUT2D eigenvalue weighted by atomic mass is 9.96. The van der Waals surface area contributed by atoms with Gasteiger partial charge in [0.05, 0.1) is 6.10 Å². The van der Waals surface area contributed by atoms with E-state index in [4.69, 9.17) is 0 Å². The van der Waals surface area contributed by atoms with E-state index in [0.717, 1.165) is 44.8 Å². The average Bonchev–Trinajstić information content (AvgIpc) is 2.64. The van der Waals surface area contributed by atoms with Crippen molar-refractivity contribution < 1.29 is 5.11 Å². The van der Waals surface area contributed by atoms with E-state index in [2.05, 4.69) is 47.1 Å².